The highest BCUT2D eigenvalue weighted by molar-refractivity contribution is 5.83. The number of nitrogens with one attached hydrogen (secondary N) is 1. The monoisotopic (exact) mass is 294 g/mol. The van der Waals surface area contributed by atoms with E-state index < -0.39 is 0 Å². The number of rotatable bonds is 4. The van der Waals surface area contributed by atoms with E-state index in [1.54, 1.807) is 6.92 Å². The number of amides is 2. The van der Waals surface area contributed by atoms with Crippen LogP contribution in [0.15, 0.2) is 4.63 Å². The molecule has 0 spiro atoms. The molecule has 1 aromatic rings. The van der Waals surface area contributed by atoms with Crippen LogP contribution in [0, 0.1) is 12.3 Å². The SMILES string of the molecule is Cc1nonc1CC(=O)NC1CC(=O)N(CC(C)(C)C)C1. The Balaban J connectivity index is 1.86. The molecule has 7 heteroatoms. The Morgan fingerprint density at radius 1 is 1.43 bits per heavy atom. The van der Waals surface area contributed by atoms with E-state index >= 15 is 0 Å². The van der Waals surface area contributed by atoms with Crippen molar-refractivity contribution in [2.24, 2.45) is 5.41 Å². The third kappa shape index (κ3) is 4.27. The fraction of sp³-hybridized carbons (Fsp3) is 0.714. The molecule has 1 aliphatic heterocycles. The second kappa shape index (κ2) is 5.83. The summed E-state index contributed by atoms with van der Waals surface area (Å²) in [5.41, 5.74) is 1.20. The Morgan fingerprint density at radius 2 is 2.14 bits per heavy atom. The van der Waals surface area contributed by atoms with Crippen molar-refractivity contribution in [1.29, 1.82) is 0 Å². The van der Waals surface area contributed by atoms with Gasteiger partial charge in [-0.05, 0) is 12.3 Å². The third-order valence-corrected chi connectivity index (χ3v) is 3.32. The molecule has 1 unspecified atom stereocenters. The van der Waals surface area contributed by atoms with Gasteiger partial charge in [0, 0.05) is 19.5 Å². The first-order valence-corrected chi connectivity index (χ1v) is 7.10. The molecule has 21 heavy (non-hydrogen) atoms. The summed E-state index contributed by atoms with van der Waals surface area (Å²) in [5, 5.41) is 10.2. The van der Waals surface area contributed by atoms with Crippen LogP contribution in [-0.2, 0) is 16.0 Å². The van der Waals surface area contributed by atoms with Crippen LogP contribution in [0.3, 0.4) is 0 Å². The summed E-state index contributed by atoms with van der Waals surface area (Å²) in [5.74, 6) is -0.0706. The van der Waals surface area contributed by atoms with Crippen LogP contribution in [0.5, 0.6) is 0 Å². The van der Waals surface area contributed by atoms with Gasteiger partial charge in [-0.15, -0.1) is 0 Å². The minimum absolute atomic E-state index is 0.0536. The van der Waals surface area contributed by atoms with Gasteiger partial charge in [-0.1, -0.05) is 31.1 Å². The predicted molar refractivity (Wildman–Crippen MR) is 75.3 cm³/mol. The van der Waals surface area contributed by atoms with Crippen molar-refractivity contribution < 1.29 is 14.2 Å². The molecule has 1 saturated heterocycles. The summed E-state index contributed by atoms with van der Waals surface area (Å²) < 4.78 is 4.56. The van der Waals surface area contributed by atoms with Gasteiger partial charge in [-0.2, -0.15) is 0 Å². The summed E-state index contributed by atoms with van der Waals surface area (Å²) in [6.07, 6.45) is 0.483. The quantitative estimate of drug-likeness (QED) is 0.882. The lowest BCUT2D eigenvalue weighted by Crippen LogP contribution is -2.39. The highest BCUT2D eigenvalue weighted by Gasteiger charge is 2.32. The van der Waals surface area contributed by atoms with E-state index in [-0.39, 0.29) is 29.7 Å². The van der Waals surface area contributed by atoms with E-state index in [1.807, 2.05) is 4.90 Å². The van der Waals surface area contributed by atoms with Crippen LogP contribution < -0.4 is 5.32 Å². The van der Waals surface area contributed by atoms with Crippen molar-refractivity contribution >= 4 is 11.8 Å². The molecule has 1 N–H and O–H groups in total. The first-order chi connectivity index (χ1) is 9.74. The smallest absolute Gasteiger partial charge is 0.226 e. The molecule has 1 aromatic heterocycles. The maximum absolute atomic E-state index is 12.0. The van der Waals surface area contributed by atoms with E-state index in [2.05, 4.69) is 41.0 Å². The second-order valence-electron chi connectivity index (χ2n) is 6.78. The Hall–Kier alpha value is -1.92. The van der Waals surface area contributed by atoms with Gasteiger partial charge in [0.2, 0.25) is 11.8 Å². The Labute approximate surface area is 124 Å². The summed E-state index contributed by atoms with van der Waals surface area (Å²) in [4.78, 5) is 25.7. The lowest BCUT2D eigenvalue weighted by molar-refractivity contribution is -0.128. The van der Waals surface area contributed by atoms with Crippen LogP contribution in [0.25, 0.3) is 0 Å². The third-order valence-electron chi connectivity index (χ3n) is 3.32. The van der Waals surface area contributed by atoms with Gasteiger partial charge >= 0.3 is 0 Å². The molecule has 0 radical (unpaired) electrons. The maximum atomic E-state index is 12.0. The number of hydrogen-bond donors (Lipinski definition) is 1. The van der Waals surface area contributed by atoms with Crippen LogP contribution in [0.4, 0.5) is 0 Å². The molecule has 2 heterocycles. The summed E-state index contributed by atoms with van der Waals surface area (Å²) >= 11 is 0. The zero-order valence-corrected chi connectivity index (χ0v) is 13.0. The van der Waals surface area contributed by atoms with Crippen molar-refractivity contribution in [3.63, 3.8) is 0 Å². The minimum atomic E-state index is -0.163. The first-order valence-electron chi connectivity index (χ1n) is 7.10. The van der Waals surface area contributed by atoms with Crippen molar-refractivity contribution in [2.45, 2.75) is 46.6 Å². The molecule has 2 rings (SSSR count). The van der Waals surface area contributed by atoms with E-state index in [0.29, 0.717) is 30.9 Å². The van der Waals surface area contributed by atoms with Crippen molar-refractivity contribution in [3.8, 4) is 0 Å². The maximum Gasteiger partial charge on any atom is 0.226 e. The highest BCUT2D eigenvalue weighted by atomic mass is 16.6. The van der Waals surface area contributed by atoms with E-state index in [9.17, 15) is 9.59 Å². The van der Waals surface area contributed by atoms with Crippen LogP contribution in [0.1, 0.15) is 38.6 Å². The standard InChI is InChI=1S/C14H22N4O3/c1-9-11(17-21-16-9)6-12(19)15-10-5-13(20)18(7-10)8-14(2,3)4/h10H,5-8H2,1-4H3,(H,15,19). The van der Waals surface area contributed by atoms with Crippen molar-refractivity contribution in [1.82, 2.24) is 20.5 Å². The molecule has 1 fully saturated rings. The van der Waals surface area contributed by atoms with Gasteiger partial charge in [0.25, 0.3) is 0 Å². The lowest BCUT2D eigenvalue weighted by atomic mass is 9.96. The average Bonchev–Trinajstić information content (AvgIpc) is 2.85. The Kier molecular flexibility index (Phi) is 4.29. The number of aryl methyl sites for hydroxylation is 1. The molecule has 7 nitrogen and oxygen atoms in total. The molecule has 1 atom stereocenters. The average molecular weight is 294 g/mol. The van der Waals surface area contributed by atoms with Crippen molar-refractivity contribution in [2.75, 3.05) is 13.1 Å². The minimum Gasteiger partial charge on any atom is -0.351 e. The predicted octanol–water partition coefficient (Wildman–Crippen LogP) is 0.684. The largest absolute Gasteiger partial charge is 0.351 e. The number of hydrogen-bond acceptors (Lipinski definition) is 5. The molecule has 0 aromatic carbocycles. The fourth-order valence-electron chi connectivity index (χ4n) is 2.43. The van der Waals surface area contributed by atoms with Gasteiger partial charge < -0.3 is 10.2 Å². The van der Waals surface area contributed by atoms with E-state index in [4.69, 9.17) is 0 Å². The second-order valence-corrected chi connectivity index (χ2v) is 6.78. The number of nitrogens with zero attached hydrogens (tertiary/aromatic N) is 3. The fourth-order valence-corrected chi connectivity index (χ4v) is 2.43. The molecule has 0 saturated carbocycles. The van der Waals surface area contributed by atoms with Crippen LogP contribution >= 0.6 is 0 Å². The number of likely N-dealkylation sites (tertiary alicyclic amines) is 1. The normalized spacial score (nSPS) is 19.1. The van der Waals surface area contributed by atoms with Gasteiger partial charge in [0.1, 0.15) is 11.4 Å². The highest BCUT2D eigenvalue weighted by Crippen LogP contribution is 2.20. The van der Waals surface area contributed by atoms with Crippen molar-refractivity contribution in [3.05, 3.63) is 11.4 Å². The lowest BCUT2D eigenvalue weighted by Gasteiger charge is -2.26. The topological polar surface area (TPSA) is 88.3 Å². The summed E-state index contributed by atoms with van der Waals surface area (Å²) in [6.45, 7) is 9.28. The molecule has 2 amide bonds. The van der Waals surface area contributed by atoms with Gasteiger partial charge in [0.05, 0.1) is 12.5 Å². The van der Waals surface area contributed by atoms with Crippen LogP contribution in [-0.4, -0.2) is 46.2 Å². The summed E-state index contributed by atoms with van der Waals surface area (Å²) in [6, 6.07) is -0.132. The zero-order valence-electron chi connectivity index (χ0n) is 13.0. The van der Waals surface area contributed by atoms with Crippen LogP contribution in [0.2, 0.25) is 0 Å². The molecule has 1 aliphatic rings. The van der Waals surface area contributed by atoms with E-state index in [0.717, 1.165) is 0 Å². The molecule has 116 valence electrons. The first kappa shape index (κ1) is 15.5. The van der Waals surface area contributed by atoms with E-state index in [1.165, 1.54) is 0 Å². The number of carbonyl (C=O) groups excluding carboxylic acids is 2. The Morgan fingerprint density at radius 3 is 2.71 bits per heavy atom. The number of aromatic nitrogens is 2. The molecular formula is C14H22N4O3. The Bertz CT molecular complexity index is 533. The molecular weight excluding hydrogens is 272 g/mol. The molecule has 0 bridgehead atoms. The number of carbonyl (C=O) groups is 2. The van der Waals surface area contributed by atoms with Gasteiger partial charge in [-0.3, -0.25) is 9.59 Å². The molecule has 0 aliphatic carbocycles. The van der Waals surface area contributed by atoms with Gasteiger partial charge in [0.15, 0.2) is 0 Å². The van der Waals surface area contributed by atoms with Gasteiger partial charge in [-0.25, -0.2) is 4.63 Å². The zero-order chi connectivity index (χ0) is 15.6. The summed E-state index contributed by atoms with van der Waals surface area (Å²) in [7, 11) is 0.